The van der Waals surface area contributed by atoms with Crippen molar-refractivity contribution < 1.29 is 9.59 Å². The van der Waals surface area contributed by atoms with Crippen LogP contribution < -0.4 is 10.2 Å². The molecule has 1 aliphatic heterocycles. The van der Waals surface area contributed by atoms with E-state index in [-0.39, 0.29) is 23.8 Å². The zero-order valence-corrected chi connectivity index (χ0v) is 11.1. The highest BCUT2D eigenvalue weighted by Gasteiger charge is 2.32. The predicted molar refractivity (Wildman–Crippen MR) is 67.3 cm³/mol. The van der Waals surface area contributed by atoms with Crippen molar-refractivity contribution >= 4 is 17.6 Å². The van der Waals surface area contributed by atoms with Crippen molar-refractivity contribution in [2.75, 3.05) is 11.4 Å². The van der Waals surface area contributed by atoms with Gasteiger partial charge in [0.15, 0.2) is 0 Å². The van der Waals surface area contributed by atoms with Gasteiger partial charge in [-0.05, 0) is 5.92 Å². The van der Waals surface area contributed by atoms with Crippen molar-refractivity contribution in [3.05, 3.63) is 11.9 Å². The SMILES string of the molecule is CC1CN(c2cn(C)nc2C(C)C)C(=O)NC1=O. The van der Waals surface area contributed by atoms with E-state index in [9.17, 15) is 9.59 Å². The molecule has 0 saturated carbocycles. The van der Waals surface area contributed by atoms with Gasteiger partial charge in [-0.3, -0.25) is 19.7 Å². The largest absolute Gasteiger partial charge is 0.328 e. The molecule has 0 bridgehead atoms. The molecule has 1 unspecified atom stereocenters. The first-order valence-electron chi connectivity index (χ1n) is 6.06. The predicted octanol–water partition coefficient (Wildman–Crippen LogP) is 1.24. The van der Waals surface area contributed by atoms with E-state index in [1.54, 1.807) is 16.5 Å². The van der Waals surface area contributed by atoms with E-state index in [1.165, 1.54) is 0 Å². The van der Waals surface area contributed by atoms with Gasteiger partial charge in [-0.15, -0.1) is 0 Å². The molecule has 1 aromatic heterocycles. The molecule has 1 saturated heterocycles. The van der Waals surface area contributed by atoms with E-state index >= 15 is 0 Å². The number of nitrogens with zero attached hydrogens (tertiary/aromatic N) is 3. The van der Waals surface area contributed by atoms with E-state index in [0.717, 1.165) is 11.4 Å². The number of aryl methyl sites for hydroxylation is 1. The van der Waals surface area contributed by atoms with Crippen molar-refractivity contribution in [3.8, 4) is 0 Å². The number of aromatic nitrogens is 2. The van der Waals surface area contributed by atoms with E-state index in [4.69, 9.17) is 0 Å². The van der Waals surface area contributed by atoms with Crippen LogP contribution in [0.2, 0.25) is 0 Å². The molecule has 1 N–H and O–H groups in total. The Balaban J connectivity index is 2.36. The van der Waals surface area contributed by atoms with E-state index in [2.05, 4.69) is 10.4 Å². The molecule has 6 heteroatoms. The van der Waals surface area contributed by atoms with Crippen LogP contribution in [0.15, 0.2) is 6.20 Å². The van der Waals surface area contributed by atoms with Crippen molar-refractivity contribution in [1.82, 2.24) is 15.1 Å². The summed E-state index contributed by atoms with van der Waals surface area (Å²) in [5.41, 5.74) is 1.65. The Morgan fingerprint density at radius 2 is 2.11 bits per heavy atom. The van der Waals surface area contributed by atoms with Gasteiger partial charge >= 0.3 is 6.03 Å². The Labute approximate surface area is 106 Å². The van der Waals surface area contributed by atoms with Gasteiger partial charge in [-0.25, -0.2) is 4.79 Å². The average Bonchev–Trinajstić information content (AvgIpc) is 2.65. The highest BCUT2D eigenvalue weighted by molar-refractivity contribution is 6.06. The number of carbonyl (C=O) groups is 2. The standard InChI is InChI=1S/C12H18N4O2/c1-7(2)10-9(6-15(4)14-10)16-5-8(3)11(17)13-12(16)18/h6-8H,5H2,1-4H3,(H,13,17,18). The zero-order chi connectivity index (χ0) is 13.4. The summed E-state index contributed by atoms with van der Waals surface area (Å²) in [5, 5.41) is 6.74. The van der Waals surface area contributed by atoms with Crippen LogP contribution in [0, 0.1) is 5.92 Å². The summed E-state index contributed by atoms with van der Waals surface area (Å²) >= 11 is 0. The summed E-state index contributed by atoms with van der Waals surface area (Å²) < 4.78 is 1.69. The van der Waals surface area contributed by atoms with Crippen LogP contribution in [0.3, 0.4) is 0 Å². The Bertz CT molecular complexity index is 492. The fourth-order valence-electron chi connectivity index (χ4n) is 2.06. The van der Waals surface area contributed by atoms with Crippen molar-refractivity contribution in [2.45, 2.75) is 26.7 Å². The first kappa shape index (κ1) is 12.6. The minimum absolute atomic E-state index is 0.206. The maximum atomic E-state index is 11.9. The van der Waals surface area contributed by atoms with Crippen molar-refractivity contribution in [2.24, 2.45) is 13.0 Å². The molecule has 3 amide bonds. The summed E-state index contributed by atoms with van der Waals surface area (Å²) in [4.78, 5) is 24.9. The fourth-order valence-corrected chi connectivity index (χ4v) is 2.06. The van der Waals surface area contributed by atoms with Gasteiger partial charge in [-0.2, -0.15) is 5.10 Å². The second-order valence-electron chi connectivity index (χ2n) is 5.03. The molecule has 1 fully saturated rings. The third kappa shape index (κ3) is 2.10. The lowest BCUT2D eigenvalue weighted by atomic mass is 10.1. The van der Waals surface area contributed by atoms with Crippen LogP contribution in [0.25, 0.3) is 0 Å². The van der Waals surface area contributed by atoms with Gasteiger partial charge in [0.05, 0.1) is 17.3 Å². The lowest BCUT2D eigenvalue weighted by Crippen LogP contribution is -2.54. The Kier molecular flexibility index (Phi) is 3.11. The topological polar surface area (TPSA) is 67.2 Å². The molecule has 1 aromatic rings. The minimum atomic E-state index is -0.368. The molecule has 1 aliphatic rings. The Morgan fingerprint density at radius 3 is 2.72 bits per heavy atom. The van der Waals surface area contributed by atoms with Crippen molar-refractivity contribution in [1.29, 1.82) is 0 Å². The monoisotopic (exact) mass is 250 g/mol. The fraction of sp³-hybridized carbons (Fsp3) is 0.583. The molecule has 98 valence electrons. The Hall–Kier alpha value is -1.85. The first-order valence-corrected chi connectivity index (χ1v) is 6.06. The molecule has 6 nitrogen and oxygen atoms in total. The van der Waals surface area contributed by atoms with Crippen LogP contribution in [0.5, 0.6) is 0 Å². The molecular weight excluding hydrogens is 232 g/mol. The minimum Gasteiger partial charge on any atom is -0.290 e. The number of amides is 3. The lowest BCUT2D eigenvalue weighted by molar-refractivity contribution is -0.123. The summed E-state index contributed by atoms with van der Waals surface area (Å²) in [6, 6.07) is -0.368. The normalized spacial score (nSPS) is 20.5. The molecular formula is C12H18N4O2. The van der Waals surface area contributed by atoms with Crippen LogP contribution in [-0.2, 0) is 11.8 Å². The maximum Gasteiger partial charge on any atom is 0.328 e. The molecule has 18 heavy (non-hydrogen) atoms. The third-order valence-corrected chi connectivity index (χ3v) is 3.05. The van der Waals surface area contributed by atoms with Crippen molar-refractivity contribution in [3.63, 3.8) is 0 Å². The highest BCUT2D eigenvalue weighted by Crippen LogP contribution is 2.27. The molecule has 2 rings (SSSR count). The number of hydrogen-bond donors (Lipinski definition) is 1. The lowest BCUT2D eigenvalue weighted by Gasteiger charge is -2.30. The quantitative estimate of drug-likeness (QED) is 0.858. The number of imide groups is 1. The second kappa shape index (κ2) is 4.44. The van der Waals surface area contributed by atoms with Crippen LogP contribution in [0.4, 0.5) is 10.5 Å². The zero-order valence-electron chi connectivity index (χ0n) is 11.1. The molecule has 2 heterocycles. The van der Waals surface area contributed by atoms with Gasteiger partial charge < -0.3 is 0 Å². The maximum absolute atomic E-state index is 11.9. The number of hydrogen-bond acceptors (Lipinski definition) is 3. The molecule has 0 aliphatic carbocycles. The molecule has 1 atom stereocenters. The van der Waals surface area contributed by atoms with E-state index in [1.807, 2.05) is 27.1 Å². The van der Waals surface area contributed by atoms with Gasteiger partial charge in [0.1, 0.15) is 0 Å². The summed E-state index contributed by atoms with van der Waals surface area (Å²) in [6.07, 6.45) is 1.82. The smallest absolute Gasteiger partial charge is 0.290 e. The van der Waals surface area contributed by atoms with Gasteiger partial charge in [-0.1, -0.05) is 20.8 Å². The molecule has 0 aromatic carbocycles. The van der Waals surface area contributed by atoms with Crippen LogP contribution in [0.1, 0.15) is 32.4 Å². The van der Waals surface area contributed by atoms with Gasteiger partial charge in [0, 0.05) is 19.8 Å². The number of carbonyl (C=O) groups excluding carboxylic acids is 2. The molecule has 0 spiro atoms. The van der Waals surface area contributed by atoms with Crippen LogP contribution in [-0.4, -0.2) is 28.3 Å². The number of urea groups is 1. The second-order valence-corrected chi connectivity index (χ2v) is 5.03. The number of rotatable bonds is 2. The first-order chi connectivity index (χ1) is 8.40. The summed E-state index contributed by atoms with van der Waals surface area (Å²) in [5.74, 6) is -0.198. The number of nitrogens with one attached hydrogen (secondary N) is 1. The molecule has 0 radical (unpaired) electrons. The average molecular weight is 250 g/mol. The van der Waals surface area contributed by atoms with Crippen LogP contribution >= 0.6 is 0 Å². The van der Waals surface area contributed by atoms with Gasteiger partial charge in [0.25, 0.3) is 0 Å². The Morgan fingerprint density at radius 1 is 1.44 bits per heavy atom. The third-order valence-electron chi connectivity index (χ3n) is 3.05. The van der Waals surface area contributed by atoms with Gasteiger partial charge in [0.2, 0.25) is 5.91 Å². The summed E-state index contributed by atoms with van der Waals surface area (Å²) in [7, 11) is 1.83. The summed E-state index contributed by atoms with van der Waals surface area (Å²) in [6.45, 7) is 6.26. The highest BCUT2D eigenvalue weighted by atomic mass is 16.2. The van der Waals surface area contributed by atoms with E-state index < -0.39 is 0 Å². The van der Waals surface area contributed by atoms with E-state index in [0.29, 0.717) is 6.54 Å². The number of anilines is 1.